The van der Waals surface area contributed by atoms with E-state index in [4.69, 9.17) is 33.2 Å². The van der Waals surface area contributed by atoms with Crippen molar-refractivity contribution >= 4 is 56.9 Å². The predicted octanol–water partition coefficient (Wildman–Crippen LogP) is 6.00. The third-order valence-corrected chi connectivity index (χ3v) is 5.68. The Hall–Kier alpha value is -2.47. The number of aromatic nitrogens is 4. The molecule has 5 aromatic rings. The lowest BCUT2D eigenvalue weighted by Gasteiger charge is -2.09. The number of imidazole rings is 1. The van der Waals surface area contributed by atoms with Gasteiger partial charge in [-0.25, -0.2) is 15.0 Å². The van der Waals surface area contributed by atoms with Gasteiger partial charge in [0.1, 0.15) is 0 Å². The SMILES string of the molecule is Clc1ccc(-n2c(-c3cccs3)nc3nc4ccccc4nc32)cc1Cl. The van der Waals surface area contributed by atoms with Crippen LogP contribution in [0.2, 0.25) is 10.0 Å². The highest BCUT2D eigenvalue weighted by Gasteiger charge is 2.18. The van der Waals surface area contributed by atoms with Crippen LogP contribution in [0.15, 0.2) is 60.0 Å². The fourth-order valence-electron chi connectivity index (χ4n) is 2.90. The second-order valence-corrected chi connectivity index (χ2v) is 7.47. The lowest BCUT2D eigenvalue weighted by atomic mass is 10.3. The molecule has 26 heavy (non-hydrogen) atoms. The zero-order valence-electron chi connectivity index (χ0n) is 13.2. The van der Waals surface area contributed by atoms with Crippen LogP contribution in [0.3, 0.4) is 0 Å². The summed E-state index contributed by atoms with van der Waals surface area (Å²) in [5, 5.41) is 3.01. The van der Waals surface area contributed by atoms with Gasteiger partial charge in [-0.05, 0) is 41.8 Å². The molecule has 0 aliphatic heterocycles. The van der Waals surface area contributed by atoms with Crippen molar-refractivity contribution in [1.29, 1.82) is 0 Å². The Kier molecular flexibility index (Phi) is 3.67. The van der Waals surface area contributed by atoms with Crippen LogP contribution >= 0.6 is 34.5 Å². The van der Waals surface area contributed by atoms with Crippen molar-refractivity contribution < 1.29 is 0 Å². The smallest absolute Gasteiger partial charge is 0.199 e. The maximum Gasteiger partial charge on any atom is 0.199 e. The highest BCUT2D eigenvalue weighted by molar-refractivity contribution is 7.13. The molecule has 0 N–H and O–H groups in total. The van der Waals surface area contributed by atoms with Gasteiger partial charge in [-0.15, -0.1) is 11.3 Å². The van der Waals surface area contributed by atoms with E-state index >= 15 is 0 Å². The van der Waals surface area contributed by atoms with Gasteiger partial charge in [-0.2, -0.15) is 0 Å². The number of hydrogen-bond acceptors (Lipinski definition) is 4. The first kappa shape index (κ1) is 15.8. The Morgan fingerprint density at radius 2 is 1.62 bits per heavy atom. The topological polar surface area (TPSA) is 43.6 Å². The van der Waals surface area contributed by atoms with Gasteiger partial charge in [0.05, 0.1) is 31.6 Å². The summed E-state index contributed by atoms with van der Waals surface area (Å²) in [4.78, 5) is 15.3. The Morgan fingerprint density at radius 1 is 0.808 bits per heavy atom. The molecule has 0 spiro atoms. The Balaban J connectivity index is 1.89. The third kappa shape index (κ3) is 2.48. The van der Waals surface area contributed by atoms with E-state index in [0.717, 1.165) is 27.4 Å². The first-order chi connectivity index (χ1) is 12.7. The molecule has 0 unspecified atom stereocenters. The van der Waals surface area contributed by atoms with Gasteiger partial charge in [0, 0.05) is 0 Å². The second-order valence-electron chi connectivity index (χ2n) is 5.71. The molecule has 0 aliphatic rings. The number of hydrogen-bond donors (Lipinski definition) is 0. The number of fused-ring (bicyclic) bond motifs is 2. The summed E-state index contributed by atoms with van der Waals surface area (Å²) in [6.45, 7) is 0. The van der Waals surface area contributed by atoms with Gasteiger partial charge < -0.3 is 0 Å². The lowest BCUT2D eigenvalue weighted by Crippen LogP contribution is -1.98. The standard InChI is InChI=1S/C19H10Cl2N4S/c20-12-8-7-11(10-13(12)21)25-18(16-6-3-9-26-16)24-17-19(25)23-15-5-2-1-4-14(15)22-17/h1-10H. The van der Waals surface area contributed by atoms with E-state index < -0.39 is 0 Å². The van der Waals surface area contributed by atoms with Crippen molar-refractivity contribution in [3.05, 3.63) is 70.0 Å². The molecular formula is C19H10Cl2N4S. The summed E-state index contributed by atoms with van der Waals surface area (Å²) in [6.07, 6.45) is 0. The summed E-state index contributed by atoms with van der Waals surface area (Å²) < 4.78 is 1.98. The van der Waals surface area contributed by atoms with E-state index in [1.165, 1.54) is 0 Å². The number of benzene rings is 2. The van der Waals surface area contributed by atoms with E-state index in [9.17, 15) is 0 Å². The van der Waals surface area contributed by atoms with Crippen LogP contribution in [0.4, 0.5) is 0 Å². The van der Waals surface area contributed by atoms with Crippen LogP contribution in [0.5, 0.6) is 0 Å². The maximum absolute atomic E-state index is 6.26. The molecular weight excluding hydrogens is 387 g/mol. The quantitative estimate of drug-likeness (QED) is 0.367. The van der Waals surface area contributed by atoms with Gasteiger partial charge in [0.25, 0.3) is 0 Å². The largest absolute Gasteiger partial charge is 0.275 e. The maximum atomic E-state index is 6.26. The molecule has 0 amide bonds. The summed E-state index contributed by atoms with van der Waals surface area (Å²) in [5.74, 6) is 0.781. The molecule has 0 saturated carbocycles. The molecule has 3 aromatic heterocycles. The number of para-hydroxylation sites is 2. The van der Waals surface area contributed by atoms with Gasteiger partial charge in [0.15, 0.2) is 17.1 Å². The van der Waals surface area contributed by atoms with Crippen LogP contribution in [0, 0.1) is 0 Å². The van der Waals surface area contributed by atoms with Gasteiger partial charge in [-0.1, -0.05) is 41.4 Å². The molecule has 3 heterocycles. The molecule has 5 rings (SSSR count). The lowest BCUT2D eigenvalue weighted by molar-refractivity contribution is 1.09. The zero-order valence-corrected chi connectivity index (χ0v) is 15.6. The highest BCUT2D eigenvalue weighted by atomic mass is 35.5. The molecule has 0 fully saturated rings. The number of thiophene rings is 1. The molecule has 126 valence electrons. The molecule has 0 atom stereocenters. The second kappa shape index (κ2) is 6.06. The molecule has 7 heteroatoms. The molecule has 0 saturated heterocycles. The predicted molar refractivity (Wildman–Crippen MR) is 107 cm³/mol. The van der Waals surface area contributed by atoms with Crippen LogP contribution < -0.4 is 0 Å². The van der Waals surface area contributed by atoms with E-state index in [1.807, 2.05) is 58.5 Å². The fourth-order valence-corrected chi connectivity index (χ4v) is 3.89. The van der Waals surface area contributed by atoms with Crippen molar-refractivity contribution in [2.45, 2.75) is 0 Å². The first-order valence-corrected chi connectivity index (χ1v) is 9.49. The normalized spacial score (nSPS) is 11.5. The van der Waals surface area contributed by atoms with Crippen molar-refractivity contribution in [2.24, 2.45) is 0 Å². The van der Waals surface area contributed by atoms with E-state index in [1.54, 1.807) is 17.4 Å². The van der Waals surface area contributed by atoms with Crippen molar-refractivity contribution in [3.8, 4) is 16.4 Å². The van der Waals surface area contributed by atoms with Gasteiger partial charge >= 0.3 is 0 Å². The summed E-state index contributed by atoms with van der Waals surface area (Å²) in [5.41, 5.74) is 3.76. The van der Waals surface area contributed by atoms with E-state index in [0.29, 0.717) is 21.3 Å². The van der Waals surface area contributed by atoms with Crippen molar-refractivity contribution in [3.63, 3.8) is 0 Å². The fraction of sp³-hybridized carbons (Fsp3) is 0. The first-order valence-electron chi connectivity index (χ1n) is 7.85. The number of rotatable bonds is 2. The van der Waals surface area contributed by atoms with E-state index in [-0.39, 0.29) is 0 Å². The molecule has 4 nitrogen and oxygen atoms in total. The molecule has 2 aromatic carbocycles. The van der Waals surface area contributed by atoms with Crippen LogP contribution in [-0.2, 0) is 0 Å². The van der Waals surface area contributed by atoms with E-state index in [2.05, 4.69) is 4.98 Å². The molecule has 0 aliphatic carbocycles. The van der Waals surface area contributed by atoms with Gasteiger partial charge in [0.2, 0.25) is 0 Å². The van der Waals surface area contributed by atoms with Crippen molar-refractivity contribution in [1.82, 2.24) is 19.5 Å². The molecule has 0 radical (unpaired) electrons. The monoisotopic (exact) mass is 396 g/mol. The van der Waals surface area contributed by atoms with Crippen molar-refractivity contribution in [2.75, 3.05) is 0 Å². The Bertz CT molecular complexity index is 1260. The Morgan fingerprint density at radius 3 is 2.35 bits per heavy atom. The van der Waals surface area contributed by atoms with Gasteiger partial charge in [-0.3, -0.25) is 4.57 Å². The minimum Gasteiger partial charge on any atom is -0.275 e. The third-order valence-electron chi connectivity index (χ3n) is 4.07. The summed E-state index contributed by atoms with van der Waals surface area (Å²) in [6, 6.07) is 17.3. The zero-order chi connectivity index (χ0) is 17.7. The molecule has 0 bridgehead atoms. The summed E-state index contributed by atoms with van der Waals surface area (Å²) >= 11 is 14.0. The van der Waals surface area contributed by atoms with Crippen LogP contribution in [0.1, 0.15) is 0 Å². The minimum atomic E-state index is 0.483. The highest BCUT2D eigenvalue weighted by Crippen LogP contribution is 2.33. The average Bonchev–Trinajstić information content (AvgIpc) is 3.29. The summed E-state index contributed by atoms with van der Waals surface area (Å²) in [7, 11) is 0. The average molecular weight is 397 g/mol. The number of halogens is 2. The number of nitrogens with zero attached hydrogens (tertiary/aromatic N) is 4. The van der Waals surface area contributed by atoms with Crippen LogP contribution in [0.25, 0.3) is 38.7 Å². The Labute approximate surface area is 162 Å². The minimum absolute atomic E-state index is 0.483. The van der Waals surface area contributed by atoms with Crippen LogP contribution in [-0.4, -0.2) is 19.5 Å².